The summed E-state index contributed by atoms with van der Waals surface area (Å²) in [4.78, 5) is 12.8. The highest BCUT2D eigenvalue weighted by molar-refractivity contribution is 5.92. The van der Waals surface area contributed by atoms with Gasteiger partial charge in [0.05, 0.1) is 25.9 Å². The molecule has 0 radical (unpaired) electrons. The Morgan fingerprint density at radius 2 is 1.81 bits per heavy atom. The van der Waals surface area contributed by atoms with Gasteiger partial charge in [-0.2, -0.15) is 31.4 Å². The molecule has 2 aliphatic heterocycles. The van der Waals surface area contributed by atoms with Crippen LogP contribution in [0.4, 0.5) is 26.3 Å². The maximum absolute atomic E-state index is 12.8. The average Bonchev–Trinajstić information content (AvgIpc) is 3.13. The minimum atomic E-state index is -4.41. The molecule has 0 unspecified atom stereocenters. The number of rotatable bonds is 8. The normalized spacial score (nSPS) is 19.7. The predicted octanol–water partition coefficient (Wildman–Crippen LogP) is 3.67. The van der Waals surface area contributed by atoms with Gasteiger partial charge in [-0.05, 0) is 36.1 Å². The molecule has 1 aromatic heterocycles. The molecule has 1 aromatic carbocycles. The zero-order chi connectivity index (χ0) is 26.6. The zero-order valence-electron chi connectivity index (χ0n) is 19.5. The highest BCUT2D eigenvalue weighted by atomic mass is 19.4. The summed E-state index contributed by atoms with van der Waals surface area (Å²) in [7, 11) is 0. The molecule has 0 saturated heterocycles. The second-order valence-corrected chi connectivity index (χ2v) is 8.92. The Balaban J connectivity index is 1.28. The van der Waals surface area contributed by atoms with Crippen molar-refractivity contribution in [2.75, 3.05) is 33.0 Å². The van der Waals surface area contributed by atoms with E-state index in [9.17, 15) is 31.1 Å². The number of alkyl halides is 6. The molecule has 37 heavy (non-hydrogen) atoms. The van der Waals surface area contributed by atoms with Gasteiger partial charge in [0.25, 0.3) is 5.91 Å². The number of nitrogens with zero attached hydrogens (tertiary/aromatic N) is 2. The first-order valence-electron chi connectivity index (χ1n) is 11.5. The van der Waals surface area contributed by atoms with Crippen LogP contribution >= 0.6 is 0 Å². The van der Waals surface area contributed by atoms with E-state index in [0.29, 0.717) is 36.6 Å². The summed E-state index contributed by atoms with van der Waals surface area (Å²) in [6, 6.07) is 6.03. The molecule has 0 bridgehead atoms. The van der Waals surface area contributed by atoms with Gasteiger partial charge < -0.3 is 24.3 Å². The van der Waals surface area contributed by atoms with E-state index < -0.39 is 37.5 Å². The smallest absolute Gasteiger partial charge is 0.411 e. The van der Waals surface area contributed by atoms with Crippen molar-refractivity contribution in [2.45, 2.75) is 44.4 Å². The van der Waals surface area contributed by atoms with E-state index in [2.05, 4.69) is 10.4 Å². The van der Waals surface area contributed by atoms with Crippen LogP contribution in [0.5, 0.6) is 11.6 Å². The lowest BCUT2D eigenvalue weighted by Crippen LogP contribution is -2.43. The molecule has 204 valence electrons. The Hall–Kier alpha value is -3.00. The lowest BCUT2D eigenvalue weighted by molar-refractivity contribution is -0.177. The Kier molecular flexibility index (Phi) is 8.17. The first-order chi connectivity index (χ1) is 17.4. The molecule has 0 saturated carbocycles. The molecule has 3 heterocycles. The number of fused-ring (bicyclic) bond motifs is 2. The molecule has 14 heteroatoms. The quantitative estimate of drug-likeness (QED) is 0.518. The van der Waals surface area contributed by atoms with E-state index in [-0.39, 0.29) is 38.0 Å². The van der Waals surface area contributed by atoms with Crippen molar-refractivity contribution in [3.8, 4) is 11.6 Å². The van der Waals surface area contributed by atoms with Gasteiger partial charge in [-0.1, -0.05) is 6.07 Å². The van der Waals surface area contributed by atoms with Crippen LogP contribution < -0.4 is 14.8 Å². The van der Waals surface area contributed by atoms with E-state index in [1.807, 2.05) is 0 Å². The van der Waals surface area contributed by atoms with Gasteiger partial charge in [-0.3, -0.25) is 4.79 Å². The molecule has 1 N–H and O–H groups in total. The number of ether oxygens (including phenoxy) is 4. The lowest BCUT2D eigenvalue weighted by atomic mass is 10.0. The Bertz CT molecular complexity index is 1060. The molecule has 1 amide bonds. The lowest BCUT2D eigenvalue weighted by Gasteiger charge is -2.26. The molecule has 2 atom stereocenters. The highest BCUT2D eigenvalue weighted by Gasteiger charge is 2.30. The number of carbonyl (C=O) groups excluding carboxylic acids is 1. The highest BCUT2D eigenvalue weighted by Crippen LogP contribution is 2.27. The van der Waals surface area contributed by atoms with Gasteiger partial charge in [-0.15, -0.1) is 0 Å². The summed E-state index contributed by atoms with van der Waals surface area (Å²) in [6.45, 7) is -2.29. The van der Waals surface area contributed by atoms with Crippen molar-refractivity contribution in [2.24, 2.45) is 5.92 Å². The van der Waals surface area contributed by atoms with Crippen LogP contribution in [-0.4, -0.2) is 67.1 Å². The van der Waals surface area contributed by atoms with E-state index in [0.717, 1.165) is 5.56 Å². The van der Waals surface area contributed by atoms with Gasteiger partial charge >= 0.3 is 12.4 Å². The number of benzene rings is 1. The third kappa shape index (κ3) is 7.99. The van der Waals surface area contributed by atoms with Crippen molar-refractivity contribution >= 4 is 5.91 Å². The number of aromatic nitrogens is 2. The van der Waals surface area contributed by atoms with E-state index in [1.54, 1.807) is 18.2 Å². The molecule has 0 spiro atoms. The third-order valence-corrected chi connectivity index (χ3v) is 5.71. The number of hydrogen-bond donors (Lipinski definition) is 1. The monoisotopic (exact) mass is 537 g/mol. The molecule has 2 aliphatic rings. The predicted molar refractivity (Wildman–Crippen MR) is 115 cm³/mol. The fourth-order valence-corrected chi connectivity index (χ4v) is 4.03. The van der Waals surface area contributed by atoms with Crippen LogP contribution in [0, 0.1) is 5.92 Å². The topological polar surface area (TPSA) is 83.8 Å². The van der Waals surface area contributed by atoms with Crippen LogP contribution in [0.3, 0.4) is 0 Å². The number of nitrogens with one attached hydrogen (secondary N) is 1. The zero-order valence-corrected chi connectivity index (χ0v) is 19.5. The van der Waals surface area contributed by atoms with Crippen molar-refractivity contribution in [3.05, 3.63) is 41.1 Å². The number of hydrogen-bond acceptors (Lipinski definition) is 6. The van der Waals surface area contributed by atoms with Crippen molar-refractivity contribution in [1.29, 1.82) is 0 Å². The second kappa shape index (κ2) is 11.2. The minimum absolute atomic E-state index is 0.100. The molecule has 8 nitrogen and oxygen atoms in total. The molecule has 0 aliphatic carbocycles. The van der Waals surface area contributed by atoms with E-state index >= 15 is 0 Å². The maximum Gasteiger partial charge on any atom is 0.411 e. The summed E-state index contributed by atoms with van der Waals surface area (Å²) in [5, 5.41) is 7.08. The number of aryl methyl sites for hydroxylation is 1. The first kappa shape index (κ1) is 27.0. The summed E-state index contributed by atoms with van der Waals surface area (Å²) >= 11 is 0. The van der Waals surface area contributed by atoms with Gasteiger partial charge in [0.1, 0.15) is 25.6 Å². The summed E-state index contributed by atoms with van der Waals surface area (Å²) in [5.41, 5.74) is 1.39. The molecule has 4 rings (SSSR count). The number of halogens is 6. The van der Waals surface area contributed by atoms with Crippen molar-refractivity contribution < 1.29 is 50.1 Å². The number of carbonyl (C=O) groups is 1. The number of amides is 1. The Morgan fingerprint density at radius 3 is 2.57 bits per heavy atom. The van der Waals surface area contributed by atoms with Crippen molar-refractivity contribution in [3.63, 3.8) is 0 Å². The third-order valence-electron chi connectivity index (χ3n) is 5.71. The Morgan fingerprint density at radius 1 is 1.05 bits per heavy atom. The summed E-state index contributed by atoms with van der Waals surface area (Å²) in [5.74, 6) is 0.207. The SMILES string of the molecule is O=C(N[C@H]1COc2ccc(COCC(F)(F)F)cc2C1)c1cc2n(n1)CC[C@@H](COCC(F)(F)F)CO2. The fourth-order valence-electron chi connectivity index (χ4n) is 4.03. The second-order valence-electron chi connectivity index (χ2n) is 8.92. The van der Waals surface area contributed by atoms with Crippen LogP contribution in [0.25, 0.3) is 0 Å². The van der Waals surface area contributed by atoms with Crippen LogP contribution in [0.2, 0.25) is 0 Å². The van der Waals surface area contributed by atoms with Crippen molar-refractivity contribution in [1.82, 2.24) is 15.1 Å². The van der Waals surface area contributed by atoms with Crippen LogP contribution in [0.1, 0.15) is 28.0 Å². The van der Waals surface area contributed by atoms with Gasteiger partial charge in [0.15, 0.2) is 5.69 Å². The van der Waals surface area contributed by atoms with Gasteiger partial charge in [-0.25, -0.2) is 4.68 Å². The maximum atomic E-state index is 12.8. The molecular formula is C23H25F6N3O5. The van der Waals surface area contributed by atoms with Gasteiger partial charge in [0, 0.05) is 18.5 Å². The standard InChI is InChI=1S/C23H25F6N3O5/c24-22(25,26)12-34-8-14-1-2-19-16(5-14)6-17(11-36-19)30-21(33)18-7-20-32(31-18)4-3-15(10-37-20)9-35-13-23(27,28)29/h1-2,5,7,15,17H,3-4,6,8-13H2,(H,30,33)/t15-,17+/m0/s1. The van der Waals surface area contributed by atoms with E-state index in [4.69, 9.17) is 18.9 Å². The fraction of sp³-hybridized carbons (Fsp3) is 0.565. The summed E-state index contributed by atoms with van der Waals surface area (Å²) in [6.07, 6.45) is -7.93. The molecular weight excluding hydrogens is 512 g/mol. The molecule has 2 aromatic rings. The minimum Gasteiger partial charge on any atom is -0.491 e. The van der Waals surface area contributed by atoms with E-state index in [1.165, 1.54) is 10.7 Å². The van der Waals surface area contributed by atoms with Gasteiger partial charge in [0.2, 0.25) is 5.88 Å². The largest absolute Gasteiger partial charge is 0.491 e. The average molecular weight is 537 g/mol. The van der Waals surface area contributed by atoms with Crippen LogP contribution in [-0.2, 0) is 29.0 Å². The molecule has 0 fully saturated rings. The summed E-state index contributed by atoms with van der Waals surface area (Å²) < 4.78 is 95.9. The first-order valence-corrected chi connectivity index (χ1v) is 11.5. The Labute approximate surface area is 207 Å². The van der Waals surface area contributed by atoms with Crippen LogP contribution in [0.15, 0.2) is 24.3 Å².